The molecule has 3 atom stereocenters. The molecule has 14 heavy (non-hydrogen) atoms. The van der Waals surface area contributed by atoms with E-state index in [1.807, 2.05) is 0 Å². The normalized spacial score (nSPS) is 34.1. The maximum atomic E-state index is 11.8. The van der Waals surface area contributed by atoms with Crippen LogP contribution in [0.15, 0.2) is 0 Å². The van der Waals surface area contributed by atoms with E-state index in [9.17, 15) is 4.79 Å². The summed E-state index contributed by atoms with van der Waals surface area (Å²) in [7, 11) is 0. The van der Waals surface area contributed by atoms with Crippen LogP contribution in [0.25, 0.3) is 0 Å². The zero-order valence-electron chi connectivity index (χ0n) is 8.62. The SMILES string of the molecule is CC(CO)NC(=O)C1(C)COCC1N. The Morgan fingerprint density at radius 2 is 2.50 bits per heavy atom. The Kier molecular flexibility index (Phi) is 3.47. The molecule has 1 heterocycles. The van der Waals surface area contributed by atoms with Crippen molar-refractivity contribution in [3.8, 4) is 0 Å². The van der Waals surface area contributed by atoms with E-state index >= 15 is 0 Å². The van der Waals surface area contributed by atoms with Crippen molar-refractivity contribution in [2.24, 2.45) is 11.1 Å². The van der Waals surface area contributed by atoms with E-state index < -0.39 is 5.41 Å². The maximum absolute atomic E-state index is 11.8. The second kappa shape index (κ2) is 4.25. The van der Waals surface area contributed by atoms with E-state index in [2.05, 4.69) is 5.32 Å². The number of hydrogen-bond donors (Lipinski definition) is 3. The molecule has 0 spiro atoms. The lowest BCUT2D eigenvalue weighted by Crippen LogP contribution is -2.52. The van der Waals surface area contributed by atoms with E-state index in [4.69, 9.17) is 15.6 Å². The van der Waals surface area contributed by atoms with Gasteiger partial charge in [0.25, 0.3) is 0 Å². The average molecular weight is 202 g/mol. The first-order chi connectivity index (χ1) is 6.50. The van der Waals surface area contributed by atoms with Crippen molar-refractivity contribution < 1.29 is 14.6 Å². The summed E-state index contributed by atoms with van der Waals surface area (Å²) in [6.45, 7) is 4.21. The van der Waals surface area contributed by atoms with Crippen LogP contribution >= 0.6 is 0 Å². The third-order valence-corrected chi connectivity index (χ3v) is 2.69. The van der Waals surface area contributed by atoms with Crippen LogP contribution in [0.5, 0.6) is 0 Å². The molecule has 3 unspecified atom stereocenters. The van der Waals surface area contributed by atoms with Crippen LogP contribution in [0, 0.1) is 5.41 Å². The lowest BCUT2D eigenvalue weighted by Gasteiger charge is -2.27. The first-order valence-electron chi connectivity index (χ1n) is 4.76. The lowest BCUT2D eigenvalue weighted by atomic mass is 9.84. The van der Waals surface area contributed by atoms with Crippen LogP contribution in [-0.2, 0) is 9.53 Å². The third-order valence-electron chi connectivity index (χ3n) is 2.69. The van der Waals surface area contributed by atoms with Crippen LogP contribution in [0.4, 0.5) is 0 Å². The minimum Gasteiger partial charge on any atom is -0.394 e. The van der Waals surface area contributed by atoms with E-state index in [-0.39, 0.29) is 24.6 Å². The monoisotopic (exact) mass is 202 g/mol. The molecule has 0 aromatic heterocycles. The molecule has 0 saturated carbocycles. The fourth-order valence-corrected chi connectivity index (χ4v) is 1.36. The predicted molar refractivity (Wildman–Crippen MR) is 51.6 cm³/mol. The average Bonchev–Trinajstić information content (AvgIpc) is 2.48. The Hall–Kier alpha value is -0.650. The molecule has 82 valence electrons. The molecule has 0 radical (unpaired) electrons. The number of rotatable bonds is 3. The van der Waals surface area contributed by atoms with Crippen LogP contribution in [0.1, 0.15) is 13.8 Å². The fourth-order valence-electron chi connectivity index (χ4n) is 1.36. The number of nitrogens with two attached hydrogens (primary N) is 1. The van der Waals surface area contributed by atoms with Gasteiger partial charge in [-0.2, -0.15) is 0 Å². The number of hydrogen-bond acceptors (Lipinski definition) is 4. The summed E-state index contributed by atoms with van der Waals surface area (Å²) in [4.78, 5) is 11.8. The molecule has 1 fully saturated rings. The molecule has 1 amide bonds. The molecule has 1 rings (SSSR count). The molecule has 1 saturated heterocycles. The Morgan fingerprint density at radius 3 is 2.93 bits per heavy atom. The highest BCUT2D eigenvalue weighted by molar-refractivity contribution is 5.83. The third kappa shape index (κ3) is 2.05. The number of carbonyl (C=O) groups excluding carboxylic acids is 1. The van der Waals surface area contributed by atoms with Gasteiger partial charge in [-0.25, -0.2) is 0 Å². The first-order valence-corrected chi connectivity index (χ1v) is 4.76. The van der Waals surface area contributed by atoms with E-state index in [0.717, 1.165) is 0 Å². The van der Waals surface area contributed by atoms with Crippen molar-refractivity contribution in [1.82, 2.24) is 5.32 Å². The number of aliphatic hydroxyl groups excluding tert-OH is 1. The maximum Gasteiger partial charge on any atom is 0.230 e. The van der Waals surface area contributed by atoms with Crippen molar-refractivity contribution in [3.05, 3.63) is 0 Å². The van der Waals surface area contributed by atoms with E-state index in [1.54, 1.807) is 13.8 Å². The second-order valence-corrected chi connectivity index (χ2v) is 4.10. The van der Waals surface area contributed by atoms with Crippen LogP contribution in [0.3, 0.4) is 0 Å². The molecule has 5 nitrogen and oxygen atoms in total. The summed E-state index contributed by atoms with van der Waals surface area (Å²) in [5.74, 6) is -0.149. The second-order valence-electron chi connectivity index (χ2n) is 4.10. The highest BCUT2D eigenvalue weighted by Crippen LogP contribution is 2.27. The highest BCUT2D eigenvalue weighted by atomic mass is 16.5. The van der Waals surface area contributed by atoms with Gasteiger partial charge in [0.15, 0.2) is 0 Å². The molecular formula is C9H18N2O3. The molecule has 0 bridgehead atoms. The smallest absolute Gasteiger partial charge is 0.230 e. The summed E-state index contributed by atoms with van der Waals surface area (Å²) in [5, 5.41) is 11.5. The van der Waals surface area contributed by atoms with Crippen molar-refractivity contribution in [2.75, 3.05) is 19.8 Å². The summed E-state index contributed by atoms with van der Waals surface area (Å²) in [6.07, 6.45) is 0. The summed E-state index contributed by atoms with van der Waals surface area (Å²) < 4.78 is 5.16. The van der Waals surface area contributed by atoms with Gasteiger partial charge in [0.1, 0.15) is 0 Å². The first kappa shape index (κ1) is 11.4. The van der Waals surface area contributed by atoms with Gasteiger partial charge >= 0.3 is 0 Å². The Bertz CT molecular complexity index is 222. The van der Waals surface area contributed by atoms with Gasteiger partial charge in [-0.05, 0) is 13.8 Å². The van der Waals surface area contributed by atoms with Crippen LogP contribution < -0.4 is 11.1 Å². The van der Waals surface area contributed by atoms with Crippen molar-refractivity contribution in [2.45, 2.75) is 25.9 Å². The fraction of sp³-hybridized carbons (Fsp3) is 0.889. The number of ether oxygens (including phenoxy) is 1. The van der Waals surface area contributed by atoms with Crippen molar-refractivity contribution in [1.29, 1.82) is 0 Å². The molecule has 1 aliphatic heterocycles. The zero-order chi connectivity index (χ0) is 10.8. The van der Waals surface area contributed by atoms with Crippen molar-refractivity contribution >= 4 is 5.91 Å². The molecule has 0 aromatic rings. The lowest BCUT2D eigenvalue weighted by molar-refractivity contribution is -0.131. The molecule has 5 heteroatoms. The van der Waals surface area contributed by atoms with E-state index in [0.29, 0.717) is 13.2 Å². The largest absolute Gasteiger partial charge is 0.394 e. The molecule has 1 aliphatic rings. The van der Waals surface area contributed by atoms with Gasteiger partial charge in [0.05, 0.1) is 25.2 Å². The highest BCUT2D eigenvalue weighted by Gasteiger charge is 2.44. The number of carbonyl (C=O) groups is 1. The number of amides is 1. The minimum atomic E-state index is -0.663. The standard InChI is InChI=1S/C9H18N2O3/c1-6(3-12)11-8(13)9(2)5-14-4-7(9)10/h6-7,12H,3-5,10H2,1-2H3,(H,11,13). The molecular weight excluding hydrogens is 184 g/mol. The summed E-state index contributed by atoms with van der Waals surface area (Å²) in [5.41, 5.74) is 5.12. The van der Waals surface area contributed by atoms with E-state index in [1.165, 1.54) is 0 Å². The van der Waals surface area contributed by atoms with Gasteiger partial charge in [0, 0.05) is 12.1 Å². The quantitative estimate of drug-likeness (QED) is 0.539. The van der Waals surface area contributed by atoms with Gasteiger partial charge in [0.2, 0.25) is 5.91 Å². The van der Waals surface area contributed by atoms with Crippen LogP contribution in [-0.4, -0.2) is 42.9 Å². The van der Waals surface area contributed by atoms with Gasteiger partial charge < -0.3 is 20.9 Å². The zero-order valence-corrected chi connectivity index (χ0v) is 8.62. The Balaban J connectivity index is 2.59. The molecule has 0 aliphatic carbocycles. The van der Waals surface area contributed by atoms with Gasteiger partial charge in [-0.15, -0.1) is 0 Å². The minimum absolute atomic E-state index is 0.0715. The van der Waals surface area contributed by atoms with Gasteiger partial charge in [-0.3, -0.25) is 4.79 Å². The number of aliphatic hydroxyl groups is 1. The van der Waals surface area contributed by atoms with Crippen molar-refractivity contribution in [3.63, 3.8) is 0 Å². The predicted octanol–water partition coefficient (Wildman–Crippen LogP) is -1.15. The van der Waals surface area contributed by atoms with Gasteiger partial charge in [-0.1, -0.05) is 0 Å². The topological polar surface area (TPSA) is 84.6 Å². The van der Waals surface area contributed by atoms with Crippen LogP contribution in [0.2, 0.25) is 0 Å². The number of nitrogens with one attached hydrogen (secondary N) is 1. The molecule has 0 aromatic carbocycles. The Morgan fingerprint density at radius 1 is 1.86 bits per heavy atom. The summed E-state index contributed by atoms with van der Waals surface area (Å²) in [6, 6.07) is -0.513. The summed E-state index contributed by atoms with van der Waals surface area (Å²) >= 11 is 0. The Labute approximate surface area is 83.6 Å². The molecule has 4 N–H and O–H groups in total.